The van der Waals surface area contributed by atoms with Crippen molar-refractivity contribution in [3.63, 3.8) is 0 Å². The molecule has 2 fully saturated rings. The van der Waals surface area contributed by atoms with Gasteiger partial charge >= 0.3 is 0 Å². The number of ether oxygens (including phenoxy) is 3. The summed E-state index contributed by atoms with van der Waals surface area (Å²) in [4.78, 5) is 69.5. The first-order valence-electron chi connectivity index (χ1n) is 24.9. The molecular formula is C54H65Cl2N9O8S. The standard InChI is InChI=1S/C54H65Cl2N9O8S/c1-33-50(74-32-60-33)35-15-13-34(14-16-35)29-59-52(69)43-23-37(66)31-65(43)53(70)51(54(2,3)4)62-47(67)11-8-7-9-12-48(68)64-20-18-63(19-21-64)17-10-22-73-46-26-41-38(24-45(46)72-6)49(36(28-57)30-58-41)61-42-27-44(71-5)40(56)25-39(42)55/h13-16,24-27,30,32,37,43,51,66H,7-12,17-23,29,31H2,1-6H3,(H,58,61)(H,59,69)(H,62,67)/t37-,43+,51?/m1/s1. The second-order valence-corrected chi connectivity index (χ2v) is 21.4. The van der Waals surface area contributed by atoms with Crippen LogP contribution in [0.15, 0.2) is 60.2 Å². The molecule has 2 aliphatic rings. The van der Waals surface area contributed by atoms with E-state index in [1.807, 2.05) is 62.4 Å². The van der Waals surface area contributed by atoms with Crippen LogP contribution in [0.1, 0.15) is 82.5 Å². The molecule has 7 rings (SSSR count). The molecule has 17 nitrogen and oxygen atoms in total. The first-order valence-corrected chi connectivity index (χ1v) is 26.5. The monoisotopic (exact) mass is 1070 g/mol. The van der Waals surface area contributed by atoms with Crippen LogP contribution in [0.2, 0.25) is 10.0 Å². The van der Waals surface area contributed by atoms with Crippen molar-refractivity contribution in [2.24, 2.45) is 5.41 Å². The zero-order valence-corrected chi connectivity index (χ0v) is 45.1. The van der Waals surface area contributed by atoms with Crippen molar-refractivity contribution in [1.29, 1.82) is 5.26 Å². The van der Waals surface area contributed by atoms with Gasteiger partial charge in [0.05, 0.1) is 75.5 Å². The highest BCUT2D eigenvalue weighted by molar-refractivity contribution is 7.13. The third-order valence-electron chi connectivity index (χ3n) is 13.4. The highest BCUT2D eigenvalue weighted by Gasteiger charge is 2.44. The van der Waals surface area contributed by atoms with Crippen molar-refractivity contribution in [2.75, 3.05) is 65.4 Å². The predicted molar refractivity (Wildman–Crippen MR) is 287 cm³/mol. The highest BCUT2D eigenvalue weighted by Crippen LogP contribution is 2.41. The molecular weight excluding hydrogens is 1010 g/mol. The number of anilines is 2. The normalized spacial score (nSPS) is 16.4. The number of nitrogens with one attached hydrogen (secondary N) is 3. The number of β-amino-alcohol motifs (C(OH)–C–C–N with tert-alkyl or cyclic N) is 1. The first kappa shape index (κ1) is 55.5. The maximum Gasteiger partial charge on any atom is 0.246 e. The summed E-state index contributed by atoms with van der Waals surface area (Å²) >= 11 is 14.3. The molecule has 2 saturated heterocycles. The van der Waals surface area contributed by atoms with Gasteiger partial charge in [-0.1, -0.05) is 74.7 Å². The van der Waals surface area contributed by atoms with E-state index in [0.717, 1.165) is 47.8 Å². The predicted octanol–water partition coefficient (Wildman–Crippen LogP) is 8.28. The number of benzene rings is 3. The molecule has 3 aromatic carbocycles. The summed E-state index contributed by atoms with van der Waals surface area (Å²) in [6.45, 7) is 11.8. The number of aromatic nitrogens is 2. The smallest absolute Gasteiger partial charge is 0.246 e. The van der Waals surface area contributed by atoms with Gasteiger partial charge in [-0.3, -0.25) is 29.1 Å². The Morgan fingerprint density at radius 2 is 1.65 bits per heavy atom. The molecule has 4 amide bonds. The number of aryl methyl sites for hydroxylation is 1. The Labute approximate surface area is 446 Å². The fraction of sp³-hybridized carbons (Fsp3) is 0.463. The zero-order valence-electron chi connectivity index (χ0n) is 42.8. The number of halogens is 2. The van der Waals surface area contributed by atoms with Crippen molar-refractivity contribution >= 4 is 80.4 Å². The van der Waals surface area contributed by atoms with Gasteiger partial charge in [0.1, 0.15) is 23.9 Å². The number of unbranched alkanes of at least 4 members (excludes halogenated alkanes) is 2. The number of hydrogen-bond donors (Lipinski definition) is 4. The highest BCUT2D eigenvalue weighted by atomic mass is 35.5. The Morgan fingerprint density at radius 3 is 2.32 bits per heavy atom. The van der Waals surface area contributed by atoms with E-state index >= 15 is 0 Å². The summed E-state index contributed by atoms with van der Waals surface area (Å²) in [5.74, 6) is 0.459. The maximum atomic E-state index is 14.1. The topological polar surface area (TPSA) is 212 Å². The lowest BCUT2D eigenvalue weighted by Crippen LogP contribution is -2.57. The molecule has 1 unspecified atom stereocenters. The van der Waals surface area contributed by atoms with E-state index in [4.69, 9.17) is 37.4 Å². The van der Waals surface area contributed by atoms with Gasteiger partial charge in [0.25, 0.3) is 0 Å². The van der Waals surface area contributed by atoms with Gasteiger partial charge in [-0.15, -0.1) is 11.3 Å². The number of aliphatic hydroxyl groups is 1. The summed E-state index contributed by atoms with van der Waals surface area (Å²) in [7, 11) is 3.06. The Kier molecular flexibility index (Phi) is 19.0. The lowest BCUT2D eigenvalue weighted by molar-refractivity contribution is -0.144. The number of amides is 4. The molecule has 3 atom stereocenters. The van der Waals surface area contributed by atoms with Crippen LogP contribution in [0.25, 0.3) is 21.3 Å². The van der Waals surface area contributed by atoms with Crippen LogP contribution in [-0.4, -0.2) is 132 Å². The summed E-state index contributed by atoms with van der Waals surface area (Å²) in [5.41, 5.74) is 5.92. The van der Waals surface area contributed by atoms with E-state index in [-0.39, 0.29) is 43.7 Å². The molecule has 0 radical (unpaired) electrons. The van der Waals surface area contributed by atoms with Gasteiger partial charge in [0.15, 0.2) is 11.5 Å². The average Bonchev–Trinajstić information content (AvgIpc) is 4.01. The molecule has 0 spiro atoms. The Balaban J connectivity index is 0.804. The largest absolute Gasteiger partial charge is 0.495 e. The van der Waals surface area contributed by atoms with Gasteiger partial charge < -0.3 is 45.1 Å². The third-order valence-corrected chi connectivity index (χ3v) is 15.0. The fourth-order valence-corrected chi connectivity index (χ4v) is 10.5. The first-order chi connectivity index (χ1) is 35.5. The number of piperazine rings is 1. The van der Waals surface area contributed by atoms with Crippen molar-refractivity contribution < 1.29 is 38.5 Å². The number of fused-ring (bicyclic) bond motifs is 1. The van der Waals surface area contributed by atoms with Gasteiger partial charge in [-0.2, -0.15) is 5.26 Å². The Morgan fingerprint density at radius 1 is 0.919 bits per heavy atom. The third kappa shape index (κ3) is 13.9. The minimum absolute atomic E-state index is 0.00300. The van der Waals surface area contributed by atoms with Crippen LogP contribution < -0.4 is 30.2 Å². The van der Waals surface area contributed by atoms with Crippen LogP contribution in [0.5, 0.6) is 17.2 Å². The summed E-state index contributed by atoms with van der Waals surface area (Å²) < 4.78 is 17.3. The van der Waals surface area contributed by atoms with Crippen molar-refractivity contribution in [2.45, 2.75) is 97.4 Å². The molecule has 0 bridgehead atoms. The minimum atomic E-state index is -0.913. The van der Waals surface area contributed by atoms with Gasteiger partial charge in [0, 0.05) is 88.8 Å². The number of hydrogen-bond acceptors (Lipinski definition) is 14. The lowest BCUT2D eigenvalue weighted by Gasteiger charge is -2.35. The van der Waals surface area contributed by atoms with Crippen molar-refractivity contribution in [3.05, 3.63) is 87.1 Å². The van der Waals surface area contributed by atoms with Gasteiger partial charge in [-0.05, 0) is 54.9 Å². The van der Waals surface area contributed by atoms with E-state index in [0.29, 0.717) is 101 Å². The number of methoxy groups -OCH3 is 2. The molecule has 0 aliphatic carbocycles. The number of pyridine rings is 1. The van der Waals surface area contributed by atoms with Crippen molar-refractivity contribution in [1.82, 2.24) is 35.3 Å². The van der Waals surface area contributed by atoms with Crippen LogP contribution in [0.4, 0.5) is 11.4 Å². The van der Waals surface area contributed by atoms with E-state index in [9.17, 15) is 29.5 Å². The Bertz CT molecular complexity index is 2850. The minimum Gasteiger partial charge on any atom is -0.495 e. The van der Waals surface area contributed by atoms with Crippen LogP contribution >= 0.6 is 34.5 Å². The van der Waals surface area contributed by atoms with Crippen LogP contribution in [0, 0.1) is 23.7 Å². The molecule has 20 heteroatoms. The van der Waals surface area contributed by atoms with Crippen LogP contribution in [0.3, 0.4) is 0 Å². The number of likely N-dealkylation sites (tertiary alicyclic amines) is 1. The second kappa shape index (κ2) is 25.3. The van der Waals surface area contributed by atoms with Gasteiger partial charge in [-0.25, -0.2) is 4.98 Å². The molecule has 4 N–H and O–H groups in total. The molecule has 2 aromatic heterocycles. The molecule has 0 saturated carbocycles. The molecule has 5 aromatic rings. The second-order valence-electron chi connectivity index (χ2n) is 19.7. The lowest BCUT2D eigenvalue weighted by atomic mass is 9.85. The quantitative estimate of drug-likeness (QED) is 0.0511. The van der Waals surface area contributed by atoms with Crippen LogP contribution in [-0.2, 0) is 25.7 Å². The average molecular weight is 1070 g/mol. The molecule has 74 heavy (non-hydrogen) atoms. The fourth-order valence-electron chi connectivity index (χ4n) is 9.21. The van der Waals surface area contributed by atoms with E-state index < -0.39 is 29.5 Å². The SMILES string of the molecule is COc1cc(Nc2c(C#N)cnc3cc(OCCCN4CCN(C(=O)CCCCCC(=O)NC(C(=O)N5C[C@H](O)C[C@H]5C(=O)NCc5ccc(-c6scnc6C)cc5)C(C)(C)C)CC4)c(OC)cc23)c(Cl)cc1Cl. The van der Waals surface area contributed by atoms with E-state index in [2.05, 4.69) is 36.9 Å². The van der Waals surface area contributed by atoms with Gasteiger partial charge in [0.2, 0.25) is 23.6 Å². The number of nitrogens with zero attached hydrogens (tertiary/aromatic N) is 6. The molecule has 4 heterocycles. The van der Waals surface area contributed by atoms with E-state index in [1.54, 1.807) is 42.7 Å². The maximum absolute atomic E-state index is 14.1. The molecule has 2 aliphatic heterocycles. The number of aliphatic hydroxyl groups excluding tert-OH is 1. The summed E-state index contributed by atoms with van der Waals surface area (Å²) in [5, 5.41) is 31.0. The zero-order chi connectivity index (χ0) is 53.1. The number of rotatable bonds is 21. The van der Waals surface area contributed by atoms with Crippen molar-refractivity contribution in [3.8, 4) is 33.8 Å². The molecule has 394 valence electrons. The number of carbonyl (C=O) groups is 4. The number of nitriles is 1. The number of carbonyl (C=O) groups excluding carboxylic acids is 4. The number of thiazole rings is 1. The van der Waals surface area contributed by atoms with E-state index in [1.165, 1.54) is 18.2 Å². The summed E-state index contributed by atoms with van der Waals surface area (Å²) in [6, 6.07) is 15.1. The summed E-state index contributed by atoms with van der Waals surface area (Å²) in [6.07, 6.45) is 3.90. The Hall–Kier alpha value is -6.23.